The smallest absolute Gasteiger partial charge is 0.339 e. The molecule has 0 aliphatic carbocycles. The van der Waals surface area contributed by atoms with Gasteiger partial charge in [0.05, 0.1) is 16.9 Å². The van der Waals surface area contributed by atoms with Crippen molar-refractivity contribution in [2.75, 3.05) is 24.3 Å². The van der Waals surface area contributed by atoms with Crippen LogP contribution >= 0.6 is 11.6 Å². The molecule has 0 fully saturated rings. The zero-order valence-corrected chi connectivity index (χ0v) is 14.1. The van der Waals surface area contributed by atoms with E-state index in [1.54, 1.807) is 24.3 Å². The number of esters is 1. The number of amides is 1. The summed E-state index contributed by atoms with van der Waals surface area (Å²) in [6.45, 7) is 0. The second-order valence-electron chi connectivity index (χ2n) is 5.80. The second kappa shape index (κ2) is 6.53. The van der Waals surface area contributed by atoms with Gasteiger partial charge in [-0.05, 0) is 29.8 Å². The van der Waals surface area contributed by atoms with E-state index in [-0.39, 0.29) is 5.91 Å². The van der Waals surface area contributed by atoms with Crippen LogP contribution in [-0.4, -0.2) is 32.1 Å². The van der Waals surface area contributed by atoms with Crippen molar-refractivity contribution in [1.29, 1.82) is 0 Å². The van der Waals surface area contributed by atoms with E-state index in [0.29, 0.717) is 22.7 Å². The average Bonchev–Trinajstić information content (AvgIpc) is 2.54. The summed E-state index contributed by atoms with van der Waals surface area (Å²) < 4.78 is 5.28. The van der Waals surface area contributed by atoms with Crippen LogP contribution in [0.3, 0.4) is 0 Å². The van der Waals surface area contributed by atoms with E-state index in [4.69, 9.17) is 16.3 Å². The topological polar surface area (TPSA) is 58.6 Å². The zero-order chi connectivity index (χ0) is 17.3. The molecule has 5 nitrogen and oxygen atoms in total. The number of halogens is 1. The van der Waals surface area contributed by atoms with Gasteiger partial charge in [-0.2, -0.15) is 0 Å². The monoisotopic (exact) mass is 344 g/mol. The Bertz CT molecular complexity index is 805. The Morgan fingerprint density at radius 1 is 1.25 bits per heavy atom. The molecular weight excluding hydrogens is 328 g/mol. The van der Waals surface area contributed by atoms with Crippen LogP contribution in [0.5, 0.6) is 0 Å². The highest BCUT2D eigenvalue weighted by Crippen LogP contribution is 2.29. The molecule has 3 rings (SSSR count). The van der Waals surface area contributed by atoms with Crippen molar-refractivity contribution in [2.24, 2.45) is 0 Å². The molecule has 24 heavy (non-hydrogen) atoms. The fourth-order valence-corrected chi connectivity index (χ4v) is 2.86. The lowest BCUT2D eigenvalue weighted by Crippen LogP contribution is -2.38. The third kappa shape index (κ3) is 3.21. The molecule has 0 saturated heterocycles. The first-order chi connectivity index (χ1) is 11.5. The van der Waals surface area contributed by atoms with Gasteiger partial charge in [0, 0.05) is 25.5 Å². The van der Waals surface area contributed by atoms with Crippen LogP contribution in [-0.2, 0) is 16.0 Å². The van der Waals surface area contributed by atoms with Gasteiger partial charge in [-0.25, -0.2) is 4.79 Å². The maximum absolute atomic E-state index is 12.6. The van der Waals surface area contributed by atoms with E-state index in [1.165, 1.54) is 0 Å². The first-order valence-corrected chi connectivity index (χ1v) is 7.90. The normalized spacial score (nSPS) is 16.1. The second-order valence-corrected chi connectivity index (χ2v) is 6.24. The summed E-state index contributed by atoms with van der Waals surface area (Å²) >= 11 is 6.03. The van der Waals surface area contributed by atoms with Gasteiger partial charge in [0.15, 0.2) is 6.10 Å². The van der Waals surface area contributed by atoms with Gasteiger partial charge in [0.1, 0.15) is 0 Å². The number of ether oxygens (including phenoxy) is 1. The predicted molar refractivity (Wildman–Crippen MR) is 93.8 cm³/mol. The van der Waals surface area contributed by atoms with E-state index in [2.05, 4.69) is 5.32 Å². The summed E-state index contributed by atoms with van der Waals surface area (Å²) in [5, 5.41) is 3.33. The highest BCUT2D eigenvalue weighted by molar-refractivity contribution is 6.31. The predicted octanol–water partition coefficient (Wildman–Crippen LogP) is 3.13. The summed E-state index contributed by atoms with van der Waals surface area (Å²) in [6, 6.07) is 12.4. The Balaban J connectivity index is 1.82. The zero-order valence-electron chi connectivity index (χ0n) is 13.4. The minimum Gasteiger partial charge on any atom is -0.448 e. The molecule has 2 aromatic carbocycles. The molecule has 0 aromatic heterocycles. The highest BCUT2D eigenvalue weighted by atomic mass is 35.5. The summed E-state index contributed by atoms with van der Waals surface area (Å²) in [5.74, 6) is -0.848. The van der Waals surface area contributed by atoms with E-state index in [9.17, 15) is 9.59 Å². The van der Waals surface area contributed by atoms with Gasteiger partial charge in [0.2, 0.25) is 0 Å². The summed E-state index contributed by atoms with van der Waals surface area (Å²) in [7, 11) is 3.74. The van der Waals surface area contributed by atoms with Gasteiger partial charge in [0.25, 0.3) is 5.91 Å². The standard InChI is InChI=1S/C18H17ClN2O3/c1-21(2)15-8-7-12(19)10-14(15)20-17(22)16-9-11-5-3-4-6-13(11)18(23)24-16/h3-8,10,16H,9H2,1-2H3,(H,20,22). The Kier molecular flexibility index (Phi) is 4.44. The molecule has 2 aromatic rings. The van der Waals surface area contributed by atoms with Crippen LogP contribution in [0.1, 0.15) is 15.9 Å². The van der Waals surface area contributed by atoms with Gasteiger partial charge in [-0.1, -0.05) is 29.8 Å². The number of carbonyl (C=O) groups is 2. The number of benzene rings is 2. The molecule has 1 unspecified atom stereocenters. The van der Waals surface area contributed by atoms with Crippen molar-refractivity contribution in [1.82, 2.24) is 0 Å². The minimum absolute atomic E-state index is 0.353. The molecule has 1 N–H and O–H groups in total. The maximum atomic E-state index is 12.6. The number of rotatable bonds is 3. The summed E-state index contributed by atoms with van der Waals surface area (Å²) in [6.07, 6.45) is -0.507. The van der Waals surface area contributed by atoms with Crippen LogP contribution in [0.4, 0.5) is 11.4 Å². The molecule has 6 heteroatoms. The first-order valence-electron chi connectivity index (χ1n) is 7.52. The van der Waals surface area contributed by atoms with Crippen LogP contribution in [0.25, 0.3) is 0 Å². The molecule has 1 aliphatic rings. The van der Waals surface area contributed by atoms with Crippen LogP contribution < -0.4 is 10.2 Å². The average molecular weight is 345 g/mol. The number of carbonyl (C=O) groups excluding carboxylic acids is 2. The van der Waals surface area contributed by atoms with Crippen molar-refractivity contribution in [2.45, 2.75) is 12.5 Å². The first kappa shape index (κ1) is 16.3. The summed E-state index contributed by atoms with van der Waals surface area (Å²) in [5.41, 5.74) is 2.72. The number of nitrogens with zero attached hydrogens (tertiary/aromatic N) is 1. The molecule has 0 spiro atoms. The van der Waals surface area contributed by atoms with Crippen LogP contribution in [0.2, 0.25) is 5.02 Å². The molecule has 1 amide bonds. The number of anilines is 2. The molecule has 124 valence electrons. The molecule has 1 atom stereocenters. The third-order valence-electron chi connectivity index (χ3n) is 3.88. The Hall–Kier alpha value is -2.53. The van der Waals surface area contributed by atoms with Crippen molar-refractivity contribution >= 4 is 34.9 Å². The highest BCUT2D eigenvalue weighted by Gasteiger charge is 2.31. The number of fused-ring (bicyclic) bond motifs is 1. The molecule has 0 radical (unpaired) electrons. The van der Waals surface area contributed by atoms with Crippen molar-refractivity contribution in [3.63, 3.8) is 0 Å². The van der Waals surface area contributed by atoms with Crippen molar-refractivity contribution in [3.8, 4) is 0 Å². The van der Waals surface area contributed by atoms with E-state index < -0.39 is 12.1 Å². The van der Waals surface area contributed by atoms with Crippen molar-refractivity contribution < 1.29 is 14.3 Å². The minimum atomic E-state index is -0.860. The van der Waals surface area contributed by atoms with E-state index >= 15 is 0 Å². The Morgan fingerprint density at radius 2 is 2.00 bits per heavy atom. The van der Waals surface area contributed by atoms with Crippen LogP contribution in [0.15, 0.2) is 42.5 Å². The van der Waals surface area contributed by atoms with Gasteiger partial charge in [-0.3, -0.25) is 4.79 Å². The Labute approximate surface area is 145 Å². The quantitative estimate of drug-likeness (QED) is 0.869. The fraction of sp³-hybridized carbons (Fsp3) is 0.222. The lowest BCUT2D eigenvalue weighted by Gasteiger charge is -2.25. The Morgan fingerprint density at radius 3 is 2.75 bits per heavy atom. The lowest BCUT2D eigenvalue weighted by atomic mass is 9.98. The van der Waals surface area contributed by atoms with Gasteiger partial charge >= 0.3 is 5.97 Å². The maximum Gasteiger partial charge on any atom is 0.339 e. The van der Waals surface area contributed by atoms with E-state index in [1.807, 2.05) is 37.2 Å². The number of hydrogen-bond acceptors (Lipinski definition) is 4. The summed E-state index contributed by atoms with van der Waals surface area (Å²) in [4.78, 5) is 26.5. The SMILES string of the molecule is CN(C)c1ccc(Cl)cc1NC(=O)C1Cc2ccccc2C(=O)O1. The van der Waals surface area contributed by atoms with Gasteiger partial charge in [-0.15, -0.1) is 0 Å². The molecule has 1 aliphatic heterocycles. The fourth-order valence-electron chi connectivity index (χ4n) is 2.69. The molecule has 0 saturated carbocycles. The number of cyclic esters (lactones) is 1. The van der Waals surface area contributed by atoms with E-state index in [0.717, 1.165) is 11.3 Å². The van der Waals surface area contributed by atoms with Gasteiger partial charge < -0.3 is 15.0 Å². The van der Waals surface area contributed by atoms with Crippen molar-refractivity contribution in [3.05, 3.63) is 58.6 Å². The third-order valence-corrected chi connectivity index (χ3v) is 4.12. The molecular formula is C18H17ClN2O3. The molecule has 1 heterocycles. The molecule has 0 bridgehead atoms. The van der Waals surface area contributed by atoms with Crippen LogP contribution in [0, 0.1) is 0 Å². The lowest BCUT2D eigenvalue weighted by molar-refractivity contribution is -0.125. The number of hydrogen-bond donors (Lipinski definition) is 1. The largest absolute Gasteiger partial charge is 0.448 e. The number of nitrogens with one attached hydrogen (secondary N) is 1.